The van der Waals surface area contributed by atoms with Gasteiger partial charge in [0.2, 0.25) is 0 Å². The van der Waals surface area contributed by atoms with Gasteiger partial charge < -0.3 is 15.0 Å². The molecule has 0 radical (unpaired) electrons. The molecule has 0 spiro atoms. The Bertz CT molecular complexity index is 658. The Kier molecular flexibility index (Phi) is 2.82. The fraction of sp³-hybridized carbons (Fsp3) is 0.429. The SMILES string of the molecule is Nc1ccc(-c2nc(C3CC4CCC3O4)no2)cc1Br. The lowest BCUT2D eigenvalue weighted by atomic mass is 9.89. The lowest BCUT2D eigenvalue weighted by molar-refractivity contribution is 0.0996. The first kappa shape index (κ1) is 12.3. The number of hydrogen-bond donors (Lipinski definition) is 1. The largest absolute Gasteiger partial charge is 0.398 e. The van der Waals surface area contributed by atoms with Crippen LogP contribution in [0.3, 0.4) is 0 Å². The molecule has 2 fully saturated rings. The summed E-state index contributed by atoms with van der Waals surface area (Å²) in [4.78, 5) is 4.53. The lowest BCUT2D eigenvalue weighted by Gasteiger charge is -2.13. The van der Waals surface area contributed by atoms with Crippen LogP contribution in [0.25, 0.3) is 11.5 Å². The number of nitrogens with two attached hydrogens (primary N) is 1. The summed E-state index contributed by atoms with van der Waals surface area (Å²) >= 11 is 3.41. The zero-order chi connectivity index (χ0) is 13.7. The number of ether oxygens (including phenoxy) is 1. The molecule has 4 rings (SSSR count). The smallest absolute Gasteiger partial charge is 0.257 e. The van der Waals surface area contributed by atoms with Crippen LogP contribution in [0.1, 0.15) is 31.0 Å². The van der Waals surface area contributed by atoms with Crippen LogP contribution in [0.4, 0.5) is 5.69 Å². The maximum atomic E-state index is 5.84. The van der Waals surface area contributed by atoms with Crippen LogP contribution >= 0.6 is 15.9 Å². The highest BCUT2D eigenvalue weighted by molar-refractivity contribution is 9.10. The van der Waals surface area contributed by atoms with Gasteiger partial charge in [0.1, 0.15) is 0 Å². The maximum Gasteiger partial charge on any atom is 0.257 e. The van der Waals surface area contributed by atoms with Crippen molar-refractivity contribution in [3.63, 3.8) is 0 Å². The van der Waals surface area contributed by atoms with Crippen molar-refractivity contribution < 1.29 is 9.26 Å². The number of nitrogen functional groups attached to an aromatic ring is 1. The number of fused-ring (bicyclic) bond motifs is 2. The van der Waals surface area contributed by atoms with Crippen molar-refractivity contribution in [2.24, 2.45) is 0 Å². The quantitative estimate of drug-likeness (QED) is 0.853. The van der Waals surface area contributed by atoms with Crippen molar-refractivity contribution >= 4 is 21.6 Å². The number of aromatic nitrogens is 2. The second-order valence-electron chi connectivity index (χ2n) is 5.41. The van der Waals surface area contributed by atoms with E-state index in [1.807, 2.05) is 18.2 Å². The van der Waals surface area contributed by atoms with E-state index in [0.717, 1.165) is 35.1 Å². The first-order valence-electron chi connectivity index (χ1n) is 6.75. The molecule has 2 aromatic rings. The highest BCUT2D eigenvalue weighted by Gasteiger charge is 2.43. The molecule has 104 valence electrons. The Labute approximate surface area is 124 Å². The van der Waals surface area contributed by atoms with E-state index in [1.54, 1.807) is 0 Å². The van der Waals surface area contributed by atoms with Crippen molar-refractivity contribution in [1.82, 2.24) is 10.1 Å². The first-order chi connectivity index (χ1) is 9.70. The molecule has 2 bridgehead atoms. The number of anilines is 1. The summed E-state index contributed by atoms with van der Waals surface area (Å²) in [6.07, 6.45) is 3.93. The van der Waals surface area contributed by atoms with Gasteiger partial charge in [-0.1, -0.05) is 5.16 Å². The normalized spacial score (nSPS) is 28.1. The zero-order valence-electron chi connectivity index (χ0n) is 10.8. The predicted octanol–water partition coefficient (Wildman–Crippen LogP) is 3.12. The van der Waals surface area contributed by atoms with Crippen molar-refractivity contribution in [1.29, 1.82) is 0 Å². The van der Waals surface area contributed by atoms with Gasteiger partial charge in [-0.05, 0) is 53.4 Å². The van der Waals surface area contributed by atoms with Gasteiger partial charge in [0, 0.05) is 15.7 Å². The molecule has 1 aromatic carbocycles. The molecule has 3 atom stereocenters. The van der Waals surface area contributed by atoms with Crippen molar-refractivity contribution in [2.75, 3.05) is 5.73 Å². The summed E-state index contributed by atoms with van der Waals surface area (Å²) in [5.74, 6) is 1.58. The molecule has 0 saturated carbocycles. The van der Waals surface area contributed by atoms with Gasteiger partial charge in [0.25, 0.3) is 5.89 Å². The van der Waals surface area contributed by atoms with E-state index < -0.39 is 0 Å². The summed E-state index contributed by atoms with van der Waals surface area (Å²) < 4.78 is 12.1. The van der Waals surface area contributed by atoms with E-state index in [-0.39, 0.29) is 12.0 Å². The molecule has 0 amide bonds. The molecular formula is C14H14BrN3O2. The fourth-order valence-electron chi connectivity index (χ4n) is 3.07. The van der Waals surface area contributed by atoms with Gasteiger partial charge in [0.05, 0.1) is 18.1 Å². The molecule has 2 aliphatic rings. The van der Waals surface area contributed by atoms with Crippen molar-refractivity contribution in [3.05, 3.63) is 28.5 Å². The van der Waals surface area contributed by atoms with Crippen LogP contribution in [0.15, 0.2) is 27.2 Å². The van der Waals surface area contributed by atoms with Crippen LogP contribution in [0.2, 0.25) is 0 Å². The van der Waals surface area contributed by atoms with E-state index >= 15 is 0 Å². The van der Waals surface area contributed by atoms with Gasteiger partial charge in [-0.2, -0.15) is 4.98 Å². The third kappa shape index (κ3) is 1.94. The molecule has 20 heavy (non-hydrogen) atoms. The van der Waals surface area contributed by atoms with E-state index in [2.05, 4.69) is 26.1 Å². The summed E-state index contributed by atoms with van der Waals surface area (Å²) in [6, 6.07) is 5.60. The molecule has 0 aliphatic carbocycles. The first-order valence-corrected chi connectivity index (χ1v) is 7.54. The molecule has 5 nitrogen and oxygen atoms in total. The van der Waals surface area contributed by atoms with Crippen LogP contribution in [-0.4, -0.2) is 22.3 Å². The van der Waals surface area contributed by atoms with Crippen molar-refractivity contribution in [2.45, 2.75) is 37.4 Å². The number of halogens is 1. The average Bonchev–Trinajstić information content (AvgIpc) is 3.16. The standard InChI is InChI=1S/C14H14BrN3O2/c15-10-5-7(1-3-11(10)16)14-17-13(18-20-14)9-6-8-2-4-12(9)19-8/h1,3,5,8-9,12H,2,4,6,16H2. The van der Waals surface area contributed by atoms with Crippen LogP contribution < -0.4 is 5.73 Å². The molecular weight excluding hydrogens is 322 g/mol. The molecule has 2 N–H and O–H groups in total. The Balaban J connectivity index is 1.63. The van der Waals surface area contributed by atoms with Crippen molar-refractivity contribution in [3.8, 4) is 11.5 Å². The Morgan fingerprint density at radius 3 is 2.90 bits per heavy atom. The van der Waals surface area contributed by atoms with E-state index in [4.69, 9.17) is 15.0 Å². The predicted molar refractivity (Wildman–Crippen MR) is 77.1 cm³/mol. The summed E-state index contributed by atoms with van der Waals surface area (Å²) in [7, 11) is 0. The van der Waals surface area contributed by atoms with E-state index in [0.29, 0.717) is 17.7 Å². The minimum Gasteiger partial charge on any atom is -0.398 e. The van der Waals surface area contributed by atoms with Gasteiger partial charge in [-0.15, -0.1) is 0 Å². The minimum atomic E-state index is 0.267. The molecule has 6 heteroatoms. The molecule has 3 heterocycles. The topological polar surface area (TPSA) is 74.2 Å². The second-order valence-corrected chi connectivity index (χ2v) is 6.26. The summed E-state index contributed by atoms with van der Waals surface area (Å²) in [6.45, 7) is 0. The Hall–Kier alpha value is -1.40. The second kappa shape index (κ2) is 4.56. The van der Waals surface area contributed by atoms with Crippen LogP contribution in [-0.2, 0) is 4.74 Å². The van der Waals surface area contributed by atoms with Gasteiger partial charge in [-0.3, -0.25) is 0 Å². The van der Waals surface area contributed by atoms with Crippen LogP contribution in [0, 0.1) is 0 Å². The molecule has 2 aliphatic heterocycles. The Morgan fingerprint density at radius 2 is 2.20 bits per heavy atom. The fourth-order valence-corrected chi connectivity index (χ4v) is 3.45. The van der Waals surface area contributed by atoms with E-state index in [1.165, 1.54) is 0 Å². The number of hydrogen-bond acceptors (Lipinski definition) is 5. The summed E-state index contributed by atoms with van der Waals surface area (Å²) in [5.41, 5.74) is 7.34. The highest BCUT2D eigenvalue weighted by Crippen LogP contribution is 2.43. The maximum absolute atomic E-state index is 5.84. The Morgan fingerprint density at radius 1 is 1.30 bits per heavy atom. The third-order valence-electron chi connectivity index (χ3n) is 4.13. The minimum absolute atomic E-state index is 0.267. The number of nitrogens with zero attached hydrogens (tertiary/aromatic N) is 2. The van der Waals surface area contributed by atoms with Gasteiger partial charge in [0.15, 0.2) is 5.82 Å². The number of rotatable bonds is 2. The highest BCUT2D eigenvalue weighted by atomic mass is 79.9. The van der Waals surface area contributed by atoms with Gasteiger partial charge >= 0.3 is 0 Å². The summed E-state index contributed by atoms with van der Waals surface area (Å²) in [5, 5.41) is 4.13. The van der Waals surface area contributed by atoms with E-state index in [9.17, 15) is 0 Å². The number of benzene rings is 1. The molecule has 1 aromatic heterocycles. The molecule has 3 unspecified atom stereocenters. The van der Waals surface area contributed by atoms with Crippen LogP contribution in [0.5, 0.6) is 0 Å². The molecule has 2 saturated heterocycles. The lowest BCUT2D eigenvalue weighted by Crippen LogP contribution is -2.15. The average molecular weight is 336 g/mol. The third-order valence-corrected chi connectivity index (χ3v) is 4.81. The van der Waals surface area contributed by atoms with Gasteiger partial charge in [-0.25, -0.2) is 0 Å². The monoisotopic (exact) mass is 335 g/mol. The zero-order valence-corrected chi connectivity index (χ0v) is 12.3.